The van der Waals surface area contributed by atoms with E-state index in [1.807, 2.05) is 10.9 Å². The Kier molecular flexibility index (Phi) is 2.71. The summed E-state index contributed by atoms with van der Waals surface area (Å²) >= 11 is 0. The van der Waals surface area contributed by atoms with Crippen molar-refractivity contribution in [3.05, 3.63) is 53.3 Å². The lowest BCUT2D eigenvalue weighted by Gasteiger charge is -2.22. The number of aryl methyl sites for hydroxylation is 1. The Morgan fingerprint density at radius 1 is 1.28 bits per heavy atom. The highest BCUT2D eigenvalue weighted by Gasteiger charge is 2.33. The van der Waals surface area contributed by atoms with Crippen LogP contribution in [0.25, 0.3) is 0 Å². The van der Waals surface area contributed by atoms with Crippen LogP contribution in [-0.2, 0) is 25.8 Å². The summed E-state index contributed by atoms with van der Waals surface area (Å²) in [4.78, 5) is 0. The maximum atomic E-state index is 6.56. The first kappa shape index (κ1) is 11.5. The summed E-state index contributed by atoms with van der Waals surface area (Å²) in [5.74, 6) is 0. The molecule has 3 nitrogen and oxygen atoms in total. The van der Waals surface area contributed by atoms with E-state index >= 15 is 0 Å². The molecule has 1 aliphatic rings. The Morgan fingerprint density at radius 3 is 2.50 bits per heavy atom. The first-order chi connectivity index (χ1) is 8.68. The van der Waals surface area contributed by atoms with Crippen LogP contribution < -0.4 is 5.73 Å². The molecule has 0 amide bonds. The lowest BCUT2D eigenvalue weighted by molar-refractivity contribution is 0.446. The van der Waals surface area contributed by atoms with Crippen molar-refractivity contribution in [3.8, 4) is 0 Å². The minimum Gasteiger partial charge on any atom is -0.324 e. The molecule has 0 saturated carbocycles. The Bertz CT molecular complexity index is 531. The third-order valence-corrected chi connectivity index (χ3v) is 3.77. The molecule has 2 N–H and O–H groups in total. The molecular weight excluding hydrogens is 222 g/mol. The third-order valence-electron chi connectivity index (χ3n) is 3.77. The van der Waals surface area contributed by atoms with Crippen LogP contribution in [0.3, 0.4) is 0 Å². The van der Waals surface area contributed by atoms with Crippen LogP contribution in [0.15, 0.2) is 36.7 Å². The average Bonchev–Trinajstić information content (AvgIpc) is 2.91. The van der Waals surface area contributed by atoms with Gasteiger partial charge in [0.15, 0.2) is 0 Å². The van der Waals surface area contributed by atoms with Crippen molar-refractivity contribution >= 4 is 0 Å². The number of nitrogens with zero attached hydrogens (tertiary/aromatic N) is 2. The maximum absolute atomic E-state index is 6.56. The summed E-state index contributed by atoms with van der Waals surface area (Å²) in [5.41, 5.74) is 10.5. The second-order valence-corrected chi connectivity index (χ2v) is 5.37. The second-order valence-electron chi connectivity index (χ2n) is 5.37. The molecule has 0 saturated heterocycles. The molecule has 0 aliphatic heterocycles. The van der Waals surface area contributed by atoms with E-state index in [2.05, 4.69) is 42.5 Å². The number of hydrogen-bond acceptors (Lipinski definition) is 2. The SMILES string of the molecule is CCn1cc(CC2(N)Cc3ccccc3C2)cn1. The zero-order chi connectivity index (χ0) is 12.6. The maximum Gasteiger partial charge on any atom is 0.0522 e. The number of nitrogens with two attached hydrogens (primary N) is 1. The highest BCUT2D eigenvalue weighted by atomic mass is 15.3. The quantitative estimate of drug-likeness (QED) is 0.892. The molecule has 0 unspecified atom stereocenters. The zero-order valence-electron chi connectivity index (χ0n) is 10.8. The van der Waals surface area contributed by atoms with Gasteiger partial charge in [0.05, 0.1) is 6.20 Å². The lowest BCUT2D eigenvalue weighted by Crippen LogP contribution is -2.42. The van der Waals surface area contributed by atoms with Crippen molar-refractivity contribution in [2.75, 3.05) is 0 Å². The normalized spacial score (nSPS) is 16.8. The van der Waals surface area contributed by atoms with Gasteiger partial charge in [-0.05, 0) is 42.9 Å². The van der Waals surface area contributed by atoms with Gasteiger partial charge in [-0.3, -0.25) is 4.68 Å². The van der Waals surface area contributed by atoms with Crippen LogP contribution in [0.2, 0.25) is 0 Å². The number of hydrogen-bond donors (Lipinski definition) is 1. The van der Waals surface area contributed by atoms with Crippen LogP contribution >= 0.6 is 0 Å². The summed E-state index contributed by atoms with van der Waals surface area (Å²) in [6.07, 6.45) is 6.90. The van der Waals surface area contributed by atoms with Gasteiger partial charge in [0, 0.05) is 18.3 Å². The van der Waals surface area contributed by atoms with Crippen LogP contribution in [0, 0.1) is 0 Å². The van der Waals surface area contributed by atoms with Crippen LogP contribution in [-0.4, -0.2) is 15.3 Å². The molecule has 94 valence electrons. The van der Waals surface area contributed by atoms with Crippen molar-refractivity contribution in [1.82, 2.24) is 9.78 Å². The van der Waals surface area contributed by atoms with Gasteiger partial charge in [-0.2, -0.15) is 5.10 Å². The van der Waals surface area contributed by atoms with Gasteiger partial charge in [0.2, 0.25) is 0 Å². The Morgan fingerprint density at radius 2 is 1.94 bits per heavy atom. The monoisotopic (exact) mass is 241 g/mol. The van der Waals surface area contributed by atoms with Crippen molar-refractivity contribution in [2.45, 2.75) is 38.3 Å². The first-order valence-electron chi connectivity index (χ1n) is 6.55. The molecule has 18 heavy (non-hydrogen) atoms. The summed E-state index contributed by atoms with van der Waals surface area (Å²) in [6.45, 7) is 3.01. The summed E-state index contributed by atoms with van der Waals surface area (Å²) in [7, 11) is 0. The largest absolute Gasteiger partial charge is 0.324 e. The fourth-order valence-corrected chi connectivity index (χ4v) is 2.93. The van der Waals surface area contributed by atoms with E-state index in [9.17, 15) is 0 Å². The minimum absolute atomic E-state index is 0.134. The fourth-order valence-electron chi connectivity index (χ4n) is 2.93. The van der Waals surface area contributed by atoms with Crippen molar-refractivity contribution in [2.24, 2.45) is 5.73 Å². The fraction of sp³-hybridized carbons (Fsp3) is 0.400. The van der Waals surface area contributed by atoms with Gasteiger partial charge in [0.25, 0.3) is 0 Å². The van der Waals surface area contributed by atoms with Gasteiger partial charge in [0.1, 0.15) is 0 Å². The van der Waals surface area contributed by atoms with Gasteiger partial charge < -0.3 is 5.73 Å². The first-order valence-corrected chi connectivity index (χ1v) is 6.55. The zero-order valence-corrected chi connectivity index (χ0v) is 10.8. The highest BCUT2D eigenvalue weighted by Crippen LogP contribution is 2.30. The van der Waals surface area contributed by atoms with Gasteiger partial charge in [-0.1, -0.05) is 24.3 Å². The Hall–Kier alpha value is -1.61. The topological polar surface area (TPSA) is 43.8 Å². The Balaban J connectivity index is 1.78. The van der Waals surface area contributed by atoms with Gasteiger partial charge in [-0.25, -0.2) is 0 Å². The lowest BCUT2D eigenvalue weighted by atomic mass is 9.90. The smallest absolute Gasteiger partial charge is 0.0522 e. The number of aromatic nitrogens is 2. The highest BCUT2D eigenvalue weighted by molar-refractivity contribution is 5.37. The summed E-state index contributed by atoms with van der Waals surface area (Å²) < 4.78 is 1.96. The van der Waals surface area contributed by atoms with E-state index in [0.717, 1.165) is 25.8 Å². The minimum atomic E-state index is -0.134. The standard InChI is InChI=1S/C15H19N3/c1-2-18-11-12(10-17-18)7-15(16)8-13-5-3-4-6-14(13)9-15/h3-6,10-11H,2,7-9,16H2,1H3. The summed E-state index contributed by atoms with van der Waals surface area (Å²) in [6, 6.07) is 8.58. The molecule has 1 heterocycles. The van der Waals surface area contributed by atoms with Gasteiger partial charge >= 0.3 is 0 Å². The number of fused-ring (bicyclic) bond motifs is 1. The molecule has 3 rings (SSSR count). The van der Waals surface area contributed by atoms with Crippen molar-refractivity contribution < 1.29 is 0 Å². The van der Waals surface area contributed by atoms with E-state index in [1.165, 1.54) is 16.7 Å². The van der Waals surface area contributed by atoms with Crippen molar-refractivity contribution in [3.63, 3.8) is 0 Å². The van der Waals surface area contributed by atoms with Crippen LogP contribution in [0.4, 0.5) is 0 Å². The van der Waals surface area contributed by atoms with E-state index in [1.54, 1.807) is 0 Å². The number of rotatable bonds is 3. The molecule has 1 aromatic carbocycles. The Labute approximate surface area is 108 Å². The molecule has 2 aromatic rings. The molecule has 1 aromatic heterocycles. The number of benzene rings is 1. The van der Waals surface area contributed by atoms with Gasteiger partial charge in [-0.15, -0.1) is 0 Å². The van der Waals surface area contributed by atoms with E-state index < -0.39 is 0 Å². The van der Waals surface area contributed by atoms with Crippen molar-refractivity contribution in [1.29, 1.82) is 0 Å². The molecule has 0 bridgehead atoms. The molecule has 0 fully saturated rings. The van der Waals surface area contributed by atoms with E-state index in [4.69, 9.17) is 5.73 Å². The molecule has 0 spiro atoms. The molecule has 0 radical (unpaired) electrons. The van der Waals surface area contributed by atoms with Crippen LogP contribution in [0.1, 0.15) is 23.6 Å². The molecular formula is C15H19N3. The average molecular weight is 241 g/mol. The molecule has 3 heteroatoms. The molecule has 0 atom stereocenters. The molecule has 1 aliphatic carbocycles. The van der Waals surface area contributed by atoms with Crippen LogP contribution in [0.5, 0.6) is 0 Å². The summed E-state index contributed by atoms with van der Waals surface area (Å²) in [5, 5.41) is 4.32. The van der Waals surface area contributed by atoms with E-state index in [-0.39, 0.29) is 5.54 Å². The predicted octanol–water partition coefficient (Wildman–Crippen LogP) is 1.94. The predicted molar refractivity (Wildman–Crippen MR) is 72.4 cm³/mol. The van der Waals surface area contributed by atoms with E-state index in [0.29, 0.717) is 0 Å². The third kappa shape index (κ3) is 2.06. The second kappa shape index (κ2) is 4.25.